The zero-order valence-corrected chi connectivity index (χ0v) is 15.1. The van der Waals surface area contributed by atoms with Crippen LogP contribution in [0.3, 0.4) is 0 Å². The van der Waals surface area contributed by atoms with Crippen LogP contribution >= 0.6 is 0 Å². The molecular weight excluding hydrogens is 342 g/mol. The topological polar surface area (TPSA) is 78.5 Å². The number of hydrogen-bond donors (Lipinski definition) is 2. The predicted molar refractivity (Wildman–Crippen MR) is 106 cm³/mol. The molecule has 2 N–H and O–H groups in total. The van der Waals surface area contributed by atoms with Gasteiger partial charge in [-0.1, -0.05) is 18.2 Å². The highest BCUT2D eigenvalue weighted by atomic mass is 16.2. The van der Waals surface area contributed by atoms with Crippen LogP contribution in [0.15, 0.2) is 54.6 Å². The maximum atomic E-state index is 12.2. The van der Waals surface area contributed by atoms with Gasteiger partial charge in [0.1, 0.15) is 0 Å². The van der Waals surface area contributed by atoms with Crippen LogP contribution < -0.4 is 15.5 Å². The van der Waals surface area contributed by atoms with Gasteiger partial charge in [0.15, 0.2) is 0 Å². The lowest BCUT2D eigenvalue weighted by molar-refractivity contribution is -0.117. The van der Waals surface area contributed by atoms with Crippen molar-refractivity contribution >= 4 is 35.2 Å². The van der Waals surface area contributed by atoms with Crippen molar-refractivity contribution in [1.82, 2.24) is 5.32 Å². The number of amides is 3. The number of carbonyl (C=O) groups is 3. The summed E-state index contributed by atoms with van der Waals surface area (Å²) in [6.45, 7) is 0.711. The summed E-state index contributed by atoms with van der Waals surface area (Å²) in [5.74, 6) is -0.312. The van der Waals surface area contributed by atoms with E-state index in [-0.39, 0.29) is 17.7 Å². The molecule has 2 aromatic rings. The quantitative estimate of drug-likeness (QED) is 0.802. The predicted octanol–water partition coefficient (Wildman–Crippen LogP) is 2.82. The van der Waals surface area contributed by atoms with Crippen LogP contribution in [0.25, 0.3) is 6.08 Å². The monoisotopic (exact) mass is 363 g/mol. The van der Waals surface area contributed by atoms with Crippen LogP contribution in [0.5, 0.6) is 0 Å². The highest BCUT2D eigenvalue weighted by Crippen LogP contribution is 2.24. The Hall–Kier alpha value is -3.41. The second kappa shape index (κ2) is 8.31. The molecule has 0 atom stereocenters. The summed E-state index contributed by atoms with van der Waals surface area (Å²) >= 11 is 0. The summed E-state index contributed by atoms with van der Waals surface area (Å²) in [4.78, 5) is 37.3. The molecule has 0 aromatic heterocycles. The summed E-state index contributed by atoms with van der Waals surface area (Å²) in [5, 5.41) is 5.36. The third-order valence-electron chi connectivity index (χ3n) is 4.33. The van der Waals surface area contributed by atoms with Crippen LogP contribution in [-0.4, -0.2) is 31.3 Å². The molecule has 1 aliphatic rings. The van der Waals surface area contributed by atoms with Gasteiger partial charge in [-0.2, -0.15) is 0 Å². The first-order valence-corrected chi connectivity index (χ1v) is 8.78. The van der Waals surface area contributed by atoms with Crippen molar-refractivity contribution in [2.24, 2.45) is 0 Å². The van der Waals surface area contributed by atoms with Crippen molar-refractivity contribution in [2.45, 2.75) is 12.8 Å². The van der Waals surface area contributed by atoms with Gasteiger partial charge in [0, 0.05) is 43.0 Å². The average Bonchev–Trinajstić information content (AvgIpc) is 3.12. The summed E-state index contributed by atoms with van der Waals surface area (Å²) in [5.41, 5.74) is 2.81. The maximum absolute atomic E-state index is 12.2. The van der Waals surface area contributed by atoms with Crippen LogP contribution in [-0.2, 0) is 9.59 Å². The number of rotatable bonds is 5. The van der Waals surface area contributed by atoms with Gasteiger partial charge in [0.2, 0.25) is 11.8 Å². The standard InChI is InChI=1S/C21H21N3O3/c1-22-21(27)16-10-7-15(8-11-16)9-12-19(25)23-17-4-2-5-18(14-17)24-13-3-6-20(24)26/h2,4-5,7-12,14H,3,6,13H2,1H3,(H,22,27)(H,23,25)/b12-9+. The molecule has 0 unspecified atom stereocenters. The average molecular weight is 363 g/mol. The van der Waals surface area contributed by atoms with Gasteiger partial charge in [-0.05, 0) is 48.4 Å². The van der Waals surface area contributed by atoms with E-state index in [2.05, 4.69) is 10.6 Å². The van der Waals surface area contributed by atoms with Crippen LogP contribution in [0, 0.1) is 0 Å². The Bertz CT molecular complexity index is 888. The molecule has 0 bridgehead atoms. The van der Waals surface area contributed by atoms with Crippen LogP contribution in [0.4, 0.5) is 11.4 Å². The van der Waals surface area contributed by atoms with E-state index in [1.807, 2.05) is 12.1 Å². The number of carbonyl (C=O) groups excluding carboxylic acids is 3. The molecule has 0 radical (unpaired) electrons. The molecule has 0 saturated carbocycles. The molecule has 6 nitrogen and oxygen atoms in total. The molecule has 1 fully saturated rings. The second-order valence-corrected chi connectivity index (χ2v) is 6.22. The van der Waals surface area contributed by atoms with Gasteiger partial charge in [-0.25, -0.2) is 0 Å². The van der Waals surface area contributed by atoms with Gasteiger partial charge in [-0.3, -0.25) is 14.4 Å². The van der Waals surface area contributed by atoms with E-state index in [0.29, 0.717) is 24.2 Å². The van der Waals surface area contributed by atoms with Gasteiger partial charge in [0.25, 0.3) is 5.91 Å². The van der Waals surface area contributed by atoms with Crippen molar-refractivity contribution < 1.29 is 14.4 Å². The Kier molecular flexibility index (Phi) is 5.66. The van der Waals surface area contributed by atoms with E-state index in [4.69, 9.17) is 0 Å². The molecule has 138 valence electrons. The van der Waals surface area contributed by atoms with Gasteiger partial charge >= 0.3 is 0 Å². The molecule has 3 rings (SSSR count). The SMILES string of the molecule is CNC(=O)c1ccc(/C=C/C(=O)Nc2cccc(N3CCCC3=O)c2)cc1. The highest BCUT2D eigenvalue weighted by Gasteiger charge is 2.21. The fourth-order valence-electron chi connectivity index (χ4n) is 2.92. The third kappa shape index (κ3) is 4.61. The number of anilines is 2. The summed E-state index contributed by atoms with van der Waals surface area (Å²) in [6, 6.07) is 14.2. The highest BCUT2D eigenvalue weighted by molar-refractivity contribution is 6.03. The maximum Gasteiger partial charge on any atom is 0.251 e. The normalized spacial score (nSPS) is 13.8. The molecule has 0 spiro atoms. The Morgan fingerprint density at radius 1 is 1.11 bits per heavy atom. The van der Waals surface area contributed by atoms with Crippen molar-refractivity contribution in [3.63, 3.8) is 0 Å². The van der Waals surface area contributed by atoms with Crippen molar-refractivity contribution in [1.29, 1.82) is 0 Å². The number of benzene rings is 2. The minimum absolute atomic E-state index is 0.110. The molecule has 3 amide bonds. The van der Waals surface area contributed by atoms with Crippen molar-refractivity contribution in [3.8, 4) is 0 Å². The molecule has 0 aliphatic carbocycles. The number of nitrogens with one attached hydrogen (secondary N) is 2. The van der Waals surface area contributed by atoms with E-state index < -0.39 is 0 Å². The summed E-state index contributed by atoms with van der Waals surface area (Å²) < 4.78 is 0. The lowest BCUT2D eigenvalue weighted by Gasteiger charge is -2.16. The first-order valence-electron chi connectivity index (χ1n) is 8.78. The van der Waals surface area contributed by atoms with Gasteiger partial charge < -0.3 is 15.5 Å². The Morgan fingerprint density at radius 2 is 1.89 bits per heavy atom. The zero-order valence-electron chi connectivity index (χ0n) is 15.1. The van der Waals surface area contributed by atoms with E-state index in [0.717, 1.165) is 17.7 Å². The number of hydrogen-bond acceptors (Lipinski definition) is 3. The first-order chi connectivity index (χ1) is 13.1. The van der Waals surface area contributed by atoms with E-state index in [1.54, 1.807) is 54.4 Å². The molecule has 6 heteroatoms. The first kappa shape index (κ1) is 18.4. The third-order valence-corrected chi connectivity index (χ3v) is 4.33. The zero-order chi connectivity index (χ0) is 19.2. The molecule has 1 heterocycles. The van der Waals surface area contributed by atoms with Gasteiger partial charge in [0.05, 0.1) is 0 Å². The van der Waals surface area contributed by atoms with Crippen LogP contribution in [0.1, 0.15) is 28.8 Å². The Labute approximate surface area is 157 Å². The fraction of sp³-hybridized carbons (Fsp3) is 0.190. The Morgan fingerprint density at radius 3 is 2.56 bits per heavy atom. The number of nitrogens with zero attached hydrogens (tertiary/aromatic N) is 1. The van der Waals surface area contributed by atoms with Crippen molar-refractivity contribution in [3.05, 3.63) is 65.7 Å². The summed E-state index contributed by atoms with van der Waals surface area (Å²) in [6.07, 6.45) is 4.54. The minimum atomic E-state index is -0.268. The molecule has 1 saturated heterocycles. The Balaban J connectivity index is 1.63. The minimum Gasteiger partial charge on any atom is -0.355 e. The molecule has 27 heavy (non-hydrogen) atoms. The summed E-state index contributed by atoms with van der Waals surface area (Å²) in [7, 11) is 1.58. The second-order valence-electron chi connectivity index (χ2n) is 6.22. The molecule has 1 aliphatic heterocycles. The largest absolute Gasteiger partial charge is 0.355 e. The van der Waals surface area contributed by atoms with E-state index >= 15 is 0 Å². The lowest BCUT2D eigenvalue weighted by atomic mass is 10.1. The lowest BCUT2D eigenvalue weighted by Crippen LogP contribution is -2.23. The van der Waals surface area contributed by atoms with E-state index in [1.165, 1.54) is 6.08 Å². The molecule has 2 aromatic carbocycles. The van der Waals surface area contributed by atoms with E-state index in [9.17, 15) is 14.4 Å². The smallest absolute Gasteiger partial charge is 0.251 e. The molecular formula is C21H21N3O3. The van der Waals surface area contributed by atoms with Crippen LogP contribution in [0.2, 0.25) is 0 Å². The van der Waals surface area contributed by atoms with Gasteiger partial charge in [-0.15, -0.1) is 0 Å². The van der Waals surface area contributed by atoms with Crippen molar-refractivity contribution in [2.75, 3.05) is 23.8 Å². The fourth-order valence-corrected chi connectivity index (χ4v) is 2.92.